The van der Waals surface area contributed by atoms with Crippen molar-refractivity contribution in [3.05, 3.63) is 33.9 Å². The zero-order valence-electron chi connectivity index (χ0n) is 13.5. The summed E-state index contributed by atoms with van der Waals surface area (Å²) in [6.45, 7) is 4.70. The molecule has 0 saturated carbocycles. The predicted molar refractivity (Wildman–Crippen MR) is 92.1 cm³/mol. The fourth-order valence-corrected chi connectivity index (χ4v) is 4.27. The molecule has 1 aliphatic rings. The number of halogens is 2. The van der Waals surface area contributed by atoms with Gasteiger partial charge in [0.1, 0.15) is 12.7 Å². The van der Waals surface area contributed by atoms with Crippen LogP contribution in [0.15, 0.2) is 23.2 Å². The van der Waals surface area contributed by atoms with E-state index in [1.807, 2.05) is 6.92 Å². The Kier molecular flexibility index (Phi) is 5.15. The number of fused-ring (bicyclic) bond motifs is 1. The first-order chi connectivity index (χ1) is 11.8. The molecule has 7 nitrogen and oxygen atoms in total. The average Bonchev–Trinajstić information content (AvgIpc) is 2.95. The van der Waals surface area contributed by atoms with E-state index in [2.05, 4.69) is 5.10 Å². The lowest BCUT2D eigenvalue weighted by Gasteiger charge is -2.24. The number of aryl methyl sites for hydroxylation is 1. The number of hydrogen-bond donors (Lipinski definition) is 0. The molecule has 0 amide bonds. The number of rotatable bonds is 5. The number of hydrogen-bond acceptors (Lipinski definition) is 6. The Morgan fingerprint density at radius 3 is 2.84 bits per heavy atom. The lowest BCUT2D eigenvalue weighted by atomic mass is 10.2. The fraction of sp³-hybridized carbons (Fsp3) is 0.400. The maximum Gasteiger partial charge on any atom is 0.346 e. The molecule has 0 saturated heterocycles. The van der Waals surface area contributed by atoms with Crippen LogP contribution in [0.4, 0.5) is 0 Å². The SMILES string of the molecule is CCOC1COc2c(S(=O)(=O)Oc3c(C)cc(Cl)cc3Cl)cnn2C1. The number of benzene rings is 1. The van der Waals surface area contributed by atoms with Crippen LogP contribution in [-0.2, 0) is 21.4 Å². The summed E-state index contributed by atoms with van der Waals surface area (Å²) in [5, 5.41) is 4.55. The molecule has 1 unspecified atom stereocenters. The van der Waals surface area contributed by atoms with Crippen molar-refractivity contribution in [1.82, 2.24) is 9.78 Å². The van der Waals surface area contributed by atoms with Crippen LogP contribution < -0.4 is 8.92 Å². The first kappa shape index (κ1) is 18.3. The molecule has 0 aliphatic carbocycles. The lowest BCUT2D eigenvalue weighted by Crippen LogP contribution is -2.33. The van der Waals surface area contributed by atoms with Gasteiger partial charge in [-0.1, -0.05) is 23.2 Å². The monoisotopic (exact) mass is 406 g/mol. The minimum absolute atomic E-state index is 0.0222. The summed E-state index contributed by atoms with van der Waals surface area (Å²) >= 11 is 11.9. The Balaban J connectivity index is 1.90. The Hall–Kier alpha value is -1.48. The van der Waals surface area contributed by atoms with Crippen LogP contribution >= 0.6 is 23.2 Å². The van der Waals surface area contributed by atoms with Crippen LogP contribution in [-0.4, -0.2) is 37.5 Å². The molecule has 136 valence electrons. The van der Waals surface area contributed by atoms with E-state index in [1.165, 1.54) is 16.9 Å². The third kappa shape index (κ3) is 3.72. The predicted octanol–water partition coefficient (Wildman–Crippen LogP) is 3.06. The van der Waals surface area contributed by atoms with E-state index >= 15 is 0 Å². The second-order valence-corrected chi connectivity index (χ2v) is 7.81. The normalized spacial score (nSPS) is 17.0. The van der Waals surface area contributed by atoms with E-state index in [1.54, 1.807) is 13.0 Å². The van der Waals surface area contributed by atoms with Gasteiger partial charge in [-0.05, 0) is 31.5 Å². The fourth-order valence-electron chi connectivity index (χ4n) is 2.51. The minimum atomic E-state index is -4.18. The zero-order chi connectivity index (χ0) is 18.2. The molecule has 1 aromatic heterocycles. The summed E-state index contributed by atoms with van der Waals surface area (Å²) in [4.78, 5) is -0.159. The molecule has 0 spiro atoms. The van der Waals surface area contributed by atoms with E-state index in [0.717, 1.165) is 0 Å². The summed E-state index contributed by atoms with van der Waals surface area (Å²) in [5.41, 5.74) is 0.499. The van der Waals surface area contributed by atoms with Crippen LogP contribution in [0.5, 0.6) is 11.6 Å². The summed E-state index contributed by atoms with van der Waals surface area (Å²) in [5.74, 6) is 0.146. The van der Waals surface area contributed by atoms with Gasteiger partial charge in [-0.25, -0.2) is 4.68 Å². The van der Waals surface area contributed by atoms with Crippen molar-refractivity contribution in [2.75, 3.05) is 13.2 Å². The third-order valence-electron chi connectivity index (χ3n) is 3.60. The molecule has 1 aromatic carbocycles. The van der Waals surface area contributed by atoms with E-state index in [-0.39, 0.29) is 34.3 Å². The maximum atomic E-state index is 12.7. The Labute approximate surface area is 155 Å². The summed E-state index contributed by atoms with van der Waals surface area (Å²) in [6.07, 6.45) is 1.01. The van der Waals surface area contributed by atoms with Gasteiger partial charge in [-0.3, -0.25) is 0 Å². The number of aromatic nitrogens is 2. The second kappa shape index (κ2) is 7.03. The van der Waals surface area contributed by atoms with Gasteiger partial charge >= 0.3 is 10.1 Å². The van der Waals surface area contributed by atoms with E-state index < -0.39 is 10.1 Å². The van der Waals surface area contributed by atoms with Gasteiger partial charge in [0.15, 0.2) is 10.6 Å². The van der Waals surface area contributed by atoms with Crippen molar-refractivity contribution in [2.24, 2.45) is 0 Å². The molecule has 1 atom stereocenters. The van der Waals surface area contributed by atoms with Gasteiger partial charge in [0.2, 0.25) is 5.88 Å². The number of ether oxygens (including phenoxy) is 2. The molecule has 0 bridgehead atoms. The van der Waals surface area contributed by atoms with Gasteiger partial charge in [0.05, 0.1) is 17.8 Å². The van der Waals surface area contributed by atoms with Gasteiger partial charge in [-0.15, -0.1) is 0 Å². The highest BCUT2D eigenvalue weighted by Gasteiger charge is 2.32. The molecule has 2 aromatic rings. The summed E-state index contributed by atoms with van der Waals surface area (Å²) in [7, 11) is -4.18. The highest BCUT2D eigenvalue weighted by atomic mass is 35.5. The zero-order valence-corrected chi connectivity index (χ0v) is 15.9. The van der Waals surface area contributed by atoms with E-state index in [9.17, 15) is 8.42 Å². The van der Waals surface area contributed by atoms with Crippen molar-refractivity contribution in [1.29, 1.82) is 0 Å². The van der Waals surface area contributed by atoms with Crippen LogP contribution in [0, 0.1) is 6.92 Å². The molecule has 0 radical (unpaired) electrons. The van der Waals surface area contributed by atoms with Gasteiger partial charge in [0.25, 0.3) is 0 Å². The molecular weight excluding hydrogens is 391 g/mol. The van der Waals surface area contributed by atoms with Crippen LogP contribution in [0.2, 0.25) is 10.0 Å². The van der Waals surface area contributed by atoms with Crippen LogP contribution in [0.3, 0.4) is 0 Å². The molecule has 25 heavy (non-hydrogen) atoms. The maximum absolute atomic E-state index is 12.7. The summed E-state index contributed by atoms with van der Waals surface area (Å²) < 4.78 is 43.0. The van der Waals surface area contributed by atoms with Gasteiger partial charge in [0, 0.05) is 11.6 Å². The Morgan fingerprint density at radius 2 is 2.16 bits per heavy atom. The average molecular weight is 407 g/mol. The van der Waals surface area contributed by atoms with E-state index in [0.29, 0.717) is 23.7 Å². The number of nitrogens with zero attached hydrogens (tertiary/aromatic N) is 2. The molecule has 0 fully saturated rings. The van der Waals surface area contributed by atoms with Gasteiger partial charge < -0.3 is 13.7 Å². The first-order valence-electron chi connectivity index (χ1n) is 7.52. The van der Waals surface area contributed by atoms with Crippen molar-refractivity contribution in [3.63, 3.8) is 0 Å². The molecule has 2 heterocycles. The molecule has 0 N–H and O–H groups in total. The lowest BCUT2D eigenvalue weighted by molar-refractivity contribution is -0.00765. The Morgan fingerprint density at radius 1 is 1.40 bits per heavy atom. The highest BCUT2D eigenvalue weighted by molar-refractivity contribution is 7.87. The standard InChI is InChI=1S/C15H16Cl2N2O5S/c1-3-22-11-7-19-15(23-8-11)13(6-18-19)25(20,21)24-14-9(2)4-10(16)5-12(14)17/h4-6,11H,3,7-8H2,1-2H3. The Bertz CT molecular complexity index is 874. The van der Waals surface area contributed by atoms with Crippen LogP contribution in [0.25, 0.3) is 0 Å². The third-order valence-corrected chi connectivity index (χ3v) is 5.30. The molecule has 10 heteroatoms. The second-order valence-electron chi connectivity index (χ2n) is 5.46. The largest absolute Gasteiger partial charge is 0.474 e. The van der Waals surface area contributed by atoms with Crippen LogP contribution in [0.1, 0.15) is 12.5 Å². The quantitative estimate of drug-likeness (QED) is 0.709. The highest BCUT2D eigenvalue weighted by Crippen LogP contribution is 2.36. The molecular formula is C15H16Cl2N2O5S. The smallest absolute Gasteiger partial charge is 0.346 e. The first-order valence-corrected chi connectivity index (χ1v) is 9.68. The summed E-state index contributed by atoms with van der Waals surface area (Å²) in [6, 6.07) is 2.98. The van der Waals surface area contributed by atoms with Crippen molar-refractivity contribution in [3.8, 4) is 11.6 Å². The molecule has 1 aliphatic heterocycles. The van der Waals surface area contributed by atoms with Crippen molar-refractivity contribution < 1.29 is 22.1 Å². The van der Waals surface area contributed by atoms with Crippen molar-refractivity contribution >= 4 is 33.3 Å². The molecule has 3 rings (SSSR count). The topological polar surface area (TPSA) is 79.7 Å². The van der Waals surface area contributed by atoms with Gasteiger partial charge in [-0.2, -0.15) is 13.5 Å². The van der Waals surface area contributed by atoms with Crippen molar-refractivity contribution in [2.45, 2.75) is 31.4 Å². The minimum Gasteiger partial charge on any atom is -0.474 e. The van der Waals surface area contributed by atoms with E-state index in [4.69, 9.17) is 36.9 Å².